The first kappa shape index (κ1) is 25.0. The lowest BCUT2D eigenvalue weighted by Crippen LogP contribution is -2.25. The topological polar surface area (TPSA) is 91.3 Å². The van der Waals surface area contributed by atoms with Gasteiger partial charge in [0, 0.05) is 46.2 Å². The summed E-state index contributed by atoms with van der Waals surface area (Å²) in [6.45, 7) is 0.749. The van der Waals surface area contributed by atoms with Crippen molar-refractivity contribution in [3.8, 4) is 11.3 Å². The van der Waals surface area contributed by atoms with E-state index >= 15 is 0 Å². The second kappa shape index (κ2) is 11.2. The van der Waals surface area contributed by atoms with Crippen molar-refractivity contribution < 1.29 is 14.7 Å². The molecule has 1 heterocycles. The van der Waals surface area contributed by atoms with Crippen LogP contribution in [0.15, 0.2) is 72.1 Å². The number of halogens is 1. The van der Waals surface area contributed by atoms with Crippen LogP contribution >= 0.6 is 22.9 Å². The Morgan fingerprint density at radius 1 is 1.08 bits per heavy atom. The van der Waals surface area contributed by atoms with E-state index < -0.39 is 5.97 Å². The number of carbonyl (C=O) groups excluding carboxylic acids is 1. The SMILES string of the molecule is O=C(O)CCNC(=O)c1ccc(CNc2ccc3c(c2)CCC3c2nc(-c3ccccc3Cl)cs2)cc1. The number of carbonyl (C=O) groups is 2. The minimum absolute atomic E-state index is 0.0945. The van der Waals surface area contributed by atoms with Crippen molar-refractivity contribution in [1.29, 1.82) is 0 Å². The largest absolute Gasteiger partial charge is 0.481 e. The molecule has 0 radical (unpaired) electrons. The molecular weight excluding hydrogens is 506 g/mol. The van der Waals surface area contributed by atoms with Gasteiger partial charge < -0.3 is 15.7 Å². The van der Waals surface area contributed by atoms with Gasteiger partial charge in [0.15, 0.2) is 0 Å². The molecule has 5 rings (SSSR count). The van der Waals surface area contributed by atoms with Crippen LogP contribution in [0.25, 0.3) is 11.3 Å². The monoisotopic (exact) mass is 531 g/mol. The highest BCUT2D eigenvalue weighted by molar-refractivity contribution is 7.10. The van der Waals surface area contributed by atoms with Crippen LogP contribution in [0.3, 0.4) is 0 Å². The zero-order chi connectivity index (χ0) is 25.8. The number of aliphatic carboxylic acids is 1. The van der Waals surface area contributed by atoms with E-state index in [0.717, 1.165) is 45.4 Å². The van der Waals surface area contributed by atoms with Crippen LogP contribution in [0.1, 0.15) is 50.8 Å². The van der Waals surface area contributed by atoms with E-state index in [0.29, 0.717) is 18.0 Å². The zero-order valence-corrected chi connectivity index (χ0v) is 21.6. The summed E-state index contributed by atoms with van der Waals surface area (Å²) in [4.78, 5) is 27.6. The standard InChI is InChI=1S/C29H26ClN3O3S/c30-25-4-2-1-3-24(25)26-17-37-29(33-26)23-11-9-20-15-21(10-12-22(20)23)32-16-18-5-7-19(8-6-18)28(36)31-14-13-27(34)35/h1-8,10,12,15,17,23,32H,9,11,13-14,16H2,(H,31,36)(H,34,35). The number of rotatable bonds is 9. The number of carboxylic acid groups (broad SMARTS) is 1. The molecule has 37 heavy (non-hydrogen) atoms. The van der Waals surface area contributed by atoms with Crippen LogP contribution in [0, 0.1) is 0 Å². The smallest absolute Gasteiger partial charge is 0.305 e. The fraction of sp³-hybridized carbons (Fsp3) is 0.207. The summed E-state index contributed by atoms with van der Waals surface area (Å²) in [7, 11) is 0. The minimum atomic E-state index is -0.936. The first-order chi connectivity index (χ1) is 18.0. The number of thiazole rings is 1. The summed E-state index contributed by atoms with van der Waals surface area (Å²) in [6, 6.07) is 21.7. The molecule has 3 N–H and O–H groups in total. The summed E-state index contributed by atoms with van der Waals surface area (Å²) in [5.41, 5.74) is 7.21. The van der Waals surface area contributed by atoms with Crippen molar-refractivity contribution in [3.63, 3.8) is 0 Å². The van der Waals surface area contributed by atoms with Crippen LogP contribution in [-0.4, -0.2) is 28.5 Å². The second-order valence-corrected chi connectivity index (χ2v) is 10.3. The first-order valence-corrected chi connectivity index (χ1v) is 13.4. The molecule has 4 aromatic rings. The molecule has 0 saturated carbocycles. The first-order valence-electron chi connectivity index (χ1n) is 12.1. The number of anilines is 1. The number of aromatic nitrogens is 1. The predicted molar refractivity (Wildman–Crippen MR) is 148 cm³/mol. The highest BCUT2D eigenvalue weighted by Crippen LogP contribution is 2.41. The van der Waals surface area contributed by atoms with Crippen LogP contribution in [0.4, 0.5) is 5.69 Å². The summed E-state index contributed by atoms with van der Waals surface area (Å²) < 4.78 is 0. The molecule has 1 amide bonds. The maximum atomic E-state index is 12.1. The number of hydrogen-bond donors (Lipinski definition) is 3. The molecule has 6 nitrogen and oxygen atoms in total. The molecular formula is C29H26ClN3O3S. The maximum absolute atomic E-state index is 12.1. The number of hydrogen-bond acceptors (Lipinski definition) is 5. The van der Waals surface area contributed by atoms with Crippen LogP contribution < -0.4 is 10.6 Å². The molecule has 188 valence electrons. The van der Waals surface area contributed by atoms with Gasteiger partial charge in [-0.3, -0.25) is 9.59 Å². The zero-order valence-electron chi connectivity index (χ0n) is 20.0. The Morgan fingerprint density at radius 2 is 1.89 bits per heavy atom. The van der Waals surface area contributed by atoms with E-state index in [1.165, 1.54) is 11.1 Å². The van der Waals surface area contributed by atoms with Crippen molar-refractivity contribution >= 4 is 40.5 Å². The van der Waals surface area contributed by atoms with Crippen LogP contribution in [-0.2, 0) is 17.8 Å². The van der Waals surface area contributed by atoms with Gasteiger partial charge >= 0.3 is 5.97 Å². The molecule has 0 spiro atoms. The Morgan fingerprint density at radius 3 is 2.68 bits per heavy atom. The fourth-order valence-electron chi connectivity index (χ4n) is 4.59. The van der Waals surface area contributed by atoms with Crippen molar-refractivity contribution in [2.45, 2.75) is 31.7 Å². The molecule has 1 atom stereocenters. The molecule has 0 aliphatic heterocycles. The van der Waals surface area contributed by atoms with E-state index in [-0.39, 0.29) is 18.9 Å². The molecule has 8 heteroatoms. The van der Waals surface area contributed by atoms with Gasteiger partial charge in [0.1, 0.15) is 5.01 Å². The third-order valence-electron chi connectivity index (χ3n) is 6.53. The van der Waals surface area contributed by atoms with Gasteiger partial charge in [-0.1, -0.05) is 48.0 Å². The number of nitrogens with zero attached hydrogens (tertiary/aromatic N) is 1. The summed E-state index contributed by atoms with van der Waals surface area (Å²) in [5, 5.41) is 18.7. The number of benzene rings is 3. The summed E-state index contributed by atoms with van der Waals surface area (Å²) in [6.07, 6.45) is 1.97. The Hall–Kier alpha value is -3.68. The fourth-order valence-corrected chi connectivity index (χ4v) is 5.79. The van der Waals surface area contributed by atoms with E-state index in [9.17, 15) is 9.59 Å². The molecule has 0 saturated heterocycles. The number of carboxylic acids is 1. The molecule has 3 aromatic carbocycles. The Kier molecular flexibility index (Phi) is 7.53. The van der Waals surface area contributed by atoms with Gasteiger partial charge in [-0.05, 0) is 59.9 Å². The van der Waals surface area contributed by atoms with Gasteiger partial charge in [0.05, 0.1) is 12.1 Å². The van der Waals surface area contributed by atoms with E-state index in [2.05, 4.69) is 34.2 Å². The van der Waals surface area contributed by atoms with Crippen LogP contribution in [0.5, 0.6) is 0 Å². The van der Waals surface area contributed by atoms with E-state index in [1.54, 1.807) is 23.5 Å². The van der Waals surface area contributed by atoms with Crippen molar-refractivity contribution in [1.82, 2.24) is 10.3 Å². The molecule has 0 bridgehead atoms. The Balaban J connectivity index is 1.20. The average molecular weight is 532 g/mol. The van der Waals surface area contributed by atoms with Crippen molar-refractivity contribution in [3.05, 3.63) is 104 Å². The number of fused-ring (bicyclic) bond motifs is 1. The number of nitrogens with one attached hydrogen (secondary N) is 2. The molecule has 1 aliphatic rings. The van der Waals surface area contributed by atoms with Crippen molar-refractivity contribution in [2.24, 2.45) is 0 Å². The van der Waals surface area contributed by atoms with Gasteiger partial charge in [-0.2, -0.15) is 0 Å². The Bertz CT molecular complexity index is 1430. The number of amides is 1. The lowest BCUT2D eigenvalue weighted by atomic mass is 10.0. The molecule has 1 aliphatic carbocycles. The van der Waals surface area contributed by atoms with E-state index in [4.69, 9.17) is 21.7 Å². The average Bonchev–Trinajstić information content (AvgIpc) is 3.55. The van der Waals surface area contributed by atoms with Gasteiger partial charge in [0.2, 0.25) is 0 Å². The molecule has 0 fully saturated rings. The number of aryl methyl sites for hydroxylation is 1. The predicted octanol–water partition coefficient (Wildman–Crippen LogP) is 6.36. The molecule has 1 aromatic heterocycles. The maximum Gasteiger partial charge on any atom is 0.305 e. The third kappa shape index (κ3) is 5.84. The van der Waals surface area contributed by atoms with Crippen LogP contribution in [0.2, 0.25) is 5.02 Å². The van der Waals surface area contributed by atoms with Gasteiger partial charge in [-0.25, -0.2) is 4.98 Å². The summed E-state index contributed by atoms with van der Waals surface area (Å²) >= 11 is 8.07. The van der Waals surface area contributed by atoms with Gasteiger partial charge in [0.25, 0.3) is 5.91 Å². The highest BCUT2D eigenvalue weighted by Gasteiger charge is 2.27. The third-order valence-corrected chi connectivity index (χ3v) is 7.82. The van der Waals surface area contributed by atoms with Gasteiger partial charge in [-0.15, -0.1) is 11.3 Å². The molecule has 1 unspecified atom stereocenters. The summed E-state index contributed by atoms with van der Waals surface area (Å²) in [5.74, 6) is -0.901. The Labute approximate surface area is 224 Å². The quantitative estimate of drug-likeness (QED) is 0.234. The second-order valence-electron chi connectivity index (χ2n) is 9.01. The normalized spacial score (nSPS) is 14.2. The lowest BCUT2D eigenvalue weighted by Gasteiger charge is -2.12. The lowest BCUT2D eigenvalue weighted by molar-refractivity contribution is -0.136. The van der Waals surface area contributed by atoms with E-state index in [1.807, 2.05) is 36.4 Å². The van der Waals surface area contributed by atoms with Crippen molar-refractivity contribution in [2.75, 3.05) is 11.9 Å². The highest BCUT2D eigenvalue weighted by atomic mass is 35.5. The minimum Gasteiger partial charge on any atom is -0.481 e.